The van der Waals surface area contributed by atoms with Crippen molar-refractivity contribution in [3.8, 4) is 11.1 Å². The first-order valence-corrected chi connectivity index (χ1v) is 20.8. The number of hydrogen-bond donors (Lipinski definition) is 2. The van der Waals surface area contributed by atoms with E-state index in [0.717, 1.165) is 36.2 Å². The van der Waals surface area contributed by atoms with Gasteiger partial charge in [-0.1, -0.05) is 71.0 Å². The third kappa shape index (κ3) is 11.0. The van der Waals surface area contributed by atoms with Crippen LogP contribution in [0.5, 0.6) is 0 Å². The van der Waals surface area contributed by atoms with E-state index in [9.17, 15) is 23.6 Å². The summed E-state index contributed by atoms with van der Waals surface area (Å²) in [7, 11) is 0. The van der Waals surface area contributed by atoms with Gasteiger partial charge in [-0.15, -0.1) is 6.58 Å². The summed E-state index contributed by atoms with van der Waals surface area (Å²) in [5.41, 5.74) is 7.63. The van der Waals surface area contributed by atoms with Crippen LogP contribution in [0.1, 0.15) is 90.4 Å². The molecule has 2 unspecified atom stereocenters. The predicted molar refractivity (Wildman–Crippen MR) is 221 cm³/mol. The number of halogens is 2. The maximum atomic E-state index is 15.1. The molecule has 9 nitrogen and oxygen atoms in total. The topological polar surface area (TPSA) is 118 Å². The van der Waals surface area contributed by atoms with Crippen molar-refractivity contribution >= 4 is 35.4 Å². The highest BCUT2D eigenvalue weighted by atomic mass is 32.2. The van der Waals surface area contributed by atoms with Crippen LogP contribution in [0.3, 0.4) is 0 Å². The molecular weight excluding hydrogens is 733 g/mol. The largest absolute Gasteiger partial charge is 0.354 e. The van der Waals surface area contributed by atoms with Crippen molar-refractivity contribution < 1.29 is 28.0 Å². The number of nitrogens with zero attached hydrogens (tertiary/aromatic N) is 3. The van der Waals surface area contributed by atoms with Gasteiger partial charge in [0.2, 0.25) is 23.6 Å². The molecule has 3 aromatic rings. The normalized spacial score (nSPS) is 15.3. The van der Waals surface area contributed by atoms with Crippen molar-refractivity contribution in [1.82, 2.24) is 19.7 Å². The molecular formula is C44H59F2N5O4S. The lowest BCUT2D eigenvalue weighted by Gasteiger charge is -2.41. The van der Waals surface area contributed by atoms with Crippen LogP contribution in [0, 0.1) is 28.4 Å². The SMILES string of the molecule is C=CCC(CC)(CC)C1CC(=O)N(CCNC(=O)CCSCC(=O)N(CCCN)C(c2cc(-c3cc(F)ccc3F)cn2Cc2ccccc2)C(C)(C)C)C1=O. The molecule has 0 bridgehead atoms. The quantitative estimate of drug-likeness (QED) is 0.0648. The fourth-order valence-electron chi connectivity index (χ4n) is 7.93. The number of imide groups is 1. The standard InChI is InChI=1S/C44H59F2N5O4S/c1-7-19-44(8-2,9-3)35-27-39(53)51(42(35)55)23-21-48-38(52)18-24-56-30-40(54)50(22-13-20-47)41(43(4,5)6)37-25-32(34-26-33(45)16-17-36(34)46)29-49(37)28-31-14-11-10-12-15-31/h7,10-12,14-17,25-26,29,35,41H,1,8-9,13,18-24,27-28,30,47H2,2-6H3,(H,48,52). The van der Waals surface area contributed by atoms with Gasteiger partial charge in [0.15, 0.2) is 0 Å². The maximum absolute atomic E-state index is 15.1. The van der Waals surface area contributed by atoms with E-state index in [0.29, 0.717) is 43.8 Å². The third-order valence-electron chi connectivity index (χ3n) is 11.0. The van der Waals surface area contributed by atoms with Gasteiger partial charge in [0.05, 0.1) is 17.7 Å². The predicted octanol–water partition coefficient (Wildman–Crippen LogP) is 7.74. The Morgan fingerprint density at radius 3 is 2.45 bits per heavy atom. The Kier molecular flexibility index (Phi) is 16.0. The Morgan fingerprint density at radius 2 is 1.80 bits per heavy atom. The second-order valence-corrected chi connectivity index (χ2v) is 16.8. The Labute approximate surface area is 335 Å². The number of rotatable bonds is 21. The van der Waals surface area contributed by atoms with E-state index in [1.807, 2.05) is 72.0 Å². The van der Waals surface area contributed by atoms with E-state index < -0.39 is 23.1 Å². The van der Waals surface area contributed by atoms with Crippen LogP contribution in [0.4, 0.5) is 8.78 Å². The van der Waals surface area contributed by atoms with Crippen LogP contribution in [0.15, 0.2) is 73.4 Å². The maximum Gasteiger partial charge on any atom is 0.233 e. The molecule has 3 N–H and O–H groups in total. The Balaban J connectivity index is 1.43. The second kappa shape index (κ2) is 20.2. The summed E-state index contributed by atoms with van der Waals surface area (Å²) in [6.07, 6.45) is 6.74. The minimum atomic E-state index is -0.545. The monoisotopic (exact) mass is 791 g/mol. The first-order valence-electron chi connectivity index (χ1n) is 19.7. The van der Waals surface area contributed by atoms with Crippen LogP contribution in [-0.4, -0.2) is 75.7 Å². The molecule has 1 fully saturated rings. The molecule has 0 aliphatic carbocycles. The lowest BCUT2D eigenvalue weighted by molar-refractivity contribution is -0.141. The van der Waals surface area contributed by atoms with Crippen LogP contribution in [0.25, 0.3) is 11.1 Å². The van der Waals surface area contributed by atoms with Crippen LogP contribution >= 0.6 is 11.8 Å². The van der Waals surface area contributed by atoms with Gasteiger partial charge in [-0.3, -0.25) is 24.1 Å². The van der Waals surface area contributed by atoms with Crippen LogP contribution < -0.4 is 11.1 Å². The number of carbonyl (C=O) groups is 4. The summed E-state index contributed by atoms with van der Waals surface area (Å²) in [4.78, 5) is 56.2. The van der Waals surface area contributed by atoms with E-state index in [1.165, 1.54) is 22.7 Å². The fraction of sp³-hybridized carbons (Fsp3) is 0.500. The number of likely N-dealkylation sites (tertiary alicyclic amines) is 1. The molecule has 0 saturated carbocycles. The van der Waals surface area contributed by atoms with Gasteiger partial charge >= 0.3 is 0 Å². The average Bonchev–Trinajstić information content (AvgIpc) is 3.70. The van der Waals surface area contributed by atoms with E-state index in [2.05, 4.69) is 32.7 Å². The van der Waals surface area contributed by atoms with E-state index in [-0.39, 0.29) is 72.2 Å². The molecule has 56 heavy (non-hydrogen) atoms. The second-order valence-electron chi connectivity index (χ2n) is 15.7. The molecule has 1 aliphatic heterocycles. The first kappa shape index (κ1) is 44.4. The summed E-state index contributed by atoms with van der Waals surface area (Å²) in [5.74, 6) is -1.71. The lowest BCUT2D eigenvalue weighted by atomic mass is 9.68. The van der Waals surface area contributed by atoms with Crippen molar-refractivity contribution in [3.05, 3.63) is 96.3 Å². The minimum Gasteiger partial charge on any atom is -0.354 e. The van der Waals surface area contributed by atoms with Crippen molar-refractivity contribution in [2.24, 2.45) is 22.5 Å². The van der Waals surface area contributed by atoms with Gasteiger partial charge < -0.3 is 20.5 Å². The number of nitrogens with two attached hydrogens (primary N) is 1. The Hall–Kier alpha value is -4.29. The van der Waals surface area contributed by atoms with Crippen molar-refractivity contribution in [1.29, 1.82) is 0 Å². The molecule has 0 radical (unpaired) electrons. The van der Waals surface area contributed by atoms with E-state index >= 15 is 4.39 Å². The van der Waals surface area contributed by atoms with Gasteiger partial charge in [-0.25, -0.2) is 8.78 Å². The molecule has 0 spiro atoms. The van der Waals surface area contributed by atoms with Gasteiger partial charge in [0.25, 0.3) is 0 Å². The Morgan fingerprint density at radius 1 is 1.09 bits per heavy atom. The summed E-state index contributed by atoms with van der Waals surface area (Å²) >= 11 is 1.35. The molecule has 1 saturated heterocycles. The summed E-state index contributed by atoms with van der Waals surface area (Å²) < 4.78 is 31.5. The number of thioether (sulfide) groups is 1. The average molecular weight is 792 g/mol. The minimum absolute atomic E-state index is 0.118. The smallest absolute Gasteiger partial charge is 0.233 e. The highest BCUT2D eigenvalue weighted by molar-refractivity contribution is 7.99. The molecule has 304 valence electrons. The fourth-order valence-corrected chi connectivity index (χ4v) is 8.75. The highest BCUT2D eigenvalue weighted by Gasteiger charge is 2.48. The molecule has 4 rings (SSSR count). The third-order valence-corrected chi connectivity index (χ3v) is 11.9. The van der Waals surface area contributed by atoms with Crippen LogP contribution in [-0.2, 0) is 25.7 Å². The van der Waals surface area contributed by atoms with Gasteiger partial charge in [0.1, 0.15) is 11.6 Å². The number of allylic oxidation sites excluding steroid dienone is 1. The number of amides is 4. The number of carbonyl (C=O) groups excluding carboxylic acids is 4. The van der Waals surface area contributed by atoms with Crippen molar-refractivity contribution in [2.75, 3.05) is 37.7 Å². The van der Waals surface area contributed by atoms with Crippen LogP contribution in [0.2, 0.25) is 0 Å². The molecule has 4 amide bonds. The zero-order valence-electron chi connectivity index (χ0n) is 33.6. The molecule has 12 heteroatoms. The van der Waals surface area contributed by atoms with Gasteiger partial charge in [-0.2, -0.15) is 11.8 Å². The molecule has 2 atom stereocenters. The molecule has 1 aliphatic rings. The number of hydrogen-bond acceptors (Lipinski definition) is 6. The number of aromatic nitrogens is 1. The molecule has 2 heterocycles. The summed E-state index contributed by atoms with van der Waals surface area (Å²) in [5, 5.41) is 2.83. The zero-order valence-corrected chi connectivity index (χ0v) is 34.4. The van der Waals surface area contributed by atoms with Gasteiger partial charge in [0, 0.05) is 67.8 Å². The lowest BCUT2D eigenvalue weighted by Crippen LogP contribution is -2.44. The number of nitrogens with one attached hydrogen (secondary N) is 1. The summed E-state index contributed by atoms with van der Waals surface area (Å²) in [6.45, 7) is 15.6. The van der Waals surface area contributed by atoms with Gasteiger partial charge in [-0.05, 0) is 72.9 Å². The Bertz CT molecular complexity index is 1820. The van der Waals surface area contributed by atoms with Crippen molar-refractivity contribution in [2.45, 2.75) is 85.7 Å². The van der Waals surface area contributed by atoms with E-state index in [4.69, 9.17) is 5.73 Å². The first-order chi connectivity index (χ1) is 26.7. The zero-order chi connectivity index (χ0) is 41.0. The summed E-state index contributed by atoms with van der Waals surface area (Å²) in [6, 6.07) is 14.6. The highest BCUT2D eigenvalue weighted by Crippen LogP contribution is 2.45. The van der Waals surface area contributed by atoms with Crippen molar-refractivity contribution in [3.63, 3.8) is 0 Å². The molecule has 1 aromatic heterocycles. The molecule has 2 aromatic carbocycles. The van der Waals surface area contributed by atoms with E-state index in [1.54, 1.807) is 0 Å². The number of benzene rings is 2.